The molecule has 1 heterocycles. The summed E-state index contributed by atoms with van der Waals surface area (Å²) in [6.07, 6.45) is 5.00. The van der Waals surface area contributed by atoms with Crippen LogP contribution < -0.4 is 4.74 Å². The highest BCUT2D eigenvalue weighted by Crippen LogP contribution is 2.20. The highest BCUT2D eigenvalue weighted by molar-refractivity contribution is 5.74. The molecule has 1 aliphatic heterocycles. The molecule has 1 fully saturated rings. The molecule has 2 rings (SSSR count). The quantitative estimate of drug-likeness (QED) is 0.576. The minimum Gasteiger partial charge on any atom is -0.491 e. The number of ether oxygens (including phenoxy) is 2. The fourth-order valence-electron chi connectivity index (χ4n) is 2.07. The number of carbonyl (C=O) groups excluding carboxylic acids is 1. The van der Waals surface area contributed by atoms with Crippen molar-refractivity contribution in [2.45, 2.75) is 31.8 Å². The van der Waals surface area contributed by atoms with E-state index in [4.69, 9.17) is 9.47 Å². The molecule has 0 aliphatic carbocycles. The molecule has 1 aromatic carbocycles. The van der Waals surface area contributed by atoms with Gasteiger partial charge in [-0.25, -0.2) is 4.39 Å². The van der Waals surface area contributed by atoms with Gasteiger partial charge in [-0.2, -0.15) is 0 Å². The number of benzene rings is 1. The third-order valence-electron chi connectivity index (χ3n) is 3.04. The first-order chi connectivity index (χ1) is 8.79. The summed E-state index contributed by atoms with van der Waals surface area (Å²) in [7, 11) is 0. The van der Waals surface area contributed by atoms with Gasteiger partial charge >= 0.3 is 0 Å². The van der Waals surface area contributed by atoms with Crippen molar-refractivity contribution in [2.75, 3.05) is 13.2 Å². The van der Waals surface area contributed by atoms with Crippen LogP contribution in [0.1, 0.15) is 36.0 Å². The number of hydrogen-bond acceptors (Lipinski definition) is 3. The van der Waals surface area contributed by atoms with Gasteiger partial charge in [0.25, 0.3) is 0 Å². The van der Waals surface area contributed by atoms with Gasteiger partial charge in [0.2, 0.25) is 0 Å². The van der Waals surface area contributed by atoms with Crippen LogP contribution in [-0.2, 0) is 4.74 Å². The number of rotatable bonds is 6. The summed E-state index contributed by atoms with van der Waals surface area (Å²) in [4.78, 5) is 10.5. The van der Waals surface area contributed by atoms with Gasteiger partial charge in [-0.3, -0.25) is 4.79 Å². The van der Waals surface area contributed by atoms with Crippen molar-refractivity contribution in [3.05, 3.63) is 29.6 Å². The number of aldehydes is 1. The van der Waals surface area contributed by atoms with Crippen LogP contribution in [0.4, 0.5) is 4.39 Å². The zero-order valence-corrected chi connectivity index (χ0v) is 10.2. The average Bonchev–Trinajstić information content (AvgIpc) is 2.89. The van der Waals surface area contributed by atoms with E-state index in [9.17, 15) is 9.18 Å². The zero-order valence-electron chi connectivity index (χ0n) is 10.2. The van der Waals surface area contributed by atoms with Gasteiger partial charge in [0.15, 0.2) is 11.6 Å². The summed E-state index contributed by atoms with van der Waals surface area (Å²) in [5.74, 6) is -0.287. The molecular weight excluding hydrogens is 235 g/mol. The predicted octanol–water partition coefficient (Wildman–Crippen LogP) is 2.98. The third kappa shape index (κ3) is 3.53. The number of carbonyl (C=O) groups is 1. The van der Waals surface area contributed by atoms with Crippen LogP contribution >= 0.6 is 0 Å². The molecule has 1 aromatic rings. The maximum atomic E-state index is 13.5. The van der Waals surface area contributed by atoms with Gasteiger partial charge in [0.1, 0.15) is 6.29 Å². The van der Waals surface area contributed by atoms with E-state index in [-0.39, 0.29) is 5.75 Å². The second-order valence-corrected chi connectivity index (χ2v) is 4.43. The fourth-order valence-corrected chi connectivity index (χ4v) is 2.07. The molecule has 1 atom stereocenters. The molecule has 98 valence electrons. The summed E-state index contributed by atoms with van der Waals surface area (Å²) in [6, 6.07) is 4.22. The molecule has 0 saturated carbocycles. The SMILES string of the molecule is O=Cc1ccc(OCCCC2CCCO2)c(F)c1. The van der Waals surface area contributed by atoms with Crippen molar-refractivity contribution in [3.63, 3.8) is 0 Å². The number of hydrogen-bond donors (Lipinski definition) is 0. The van der Waals surface area contributed by atoms with E-state index in [0.29, 0.717) is 24.6 Å². The van der Waals surface area contributed by atoms with Crippen molar-refractivity contribution < 1.29 is 18.7 Å². The minimum absolute atomic E-state index is 0.202. The Bertz CT molecular complexity index is 400. The fraction of sp³-hybridized carbons (Fsp3) is 0.500. The predicted molar refractivity (Wildman–Crippen MR) is 65.5 cm³/mol. The Hall–Kier alpha value is -1.42. The van der Waals surface area contributed by atoms with Crippen molar-refractivity contribution in [3.8, 4) is 5.75 Å². The van der Waals surface area contributed by atoms with E-state index in [2.05, 4.69) is 0 Å². The second-order valence-electron chi connectivity index (χ2n) is 4.43. The maximum absolute atomic E-state index is 13.5. The lowest BCUT2D eigenvalue weighted by atomic mass is 10.1. The van der Waals surface area contributed by atoms with Gasteiger partial charge in [-0.15, -0.1) is 0 Å². The Kier molecular flexibility index (Phi) is 4.70. The molecule has 0 radical (unpaired) electrons. The van der Waals surface area contributed by atoms with Crippen LogP contribution in [-0.4, -0.2) is 25.6 Å². The van der Waals surface area contributed by atoms with E-state index in [0.717, 1.165) is 32.3 Å². The molecule has 18 heavy (non-hydrogen) atoms. The Balaban J connectivity index is 1.74. The largest absolute Gasteiger partial charge is 0.491 e. The standard InChI is InChI=1S/C14H17FO3/c15-13-9-11(10-16)5-6-14(13)18-8-2-4-12-3-1-7-17-12/h5-6,9-10,12H,1-4,7-8H2. The lowest BCUT2D eigenvalue weighted by Gasteiger charge is -2.10. The Morgan fingerprint density at radius 3 is 3.06 bits per heavy atom. The smallest absolute Gasteiger partial charge is 0.165 e. The molecule has 0 aromatic heterocycles. The van der Waals surface area contributed by atoms with E-state index in [1.807, 2.05) is 0 Å². The molecule has 4 heteroatoms. The van der Waals surface area contributed by atoms with Gasteiger partial charge in [0, 0.05) is 12.2 Å². The van der Waals surface area contributed by atoms with Gasteiger partial charge in [0.05, 0.1) is 12.7 Å². The highest BCUT2D eigenvalue weighted by atomic mass is 19.1. The first-order valence-corrected chi connectivity index (χ1v) is 6.29. The monoisotopic (exact) mass is 252 g/mol. The van der Waals surface area contributed by atoms with E-state index >= 15 is 0 Å². The minimum atomic E-state index is -0.489. The molecule has 0 bridgehead atoms. The molecule has 0 amide bonds. The summed E-state index contributed by atoms with van der Waals surface area (Å²) >= 11 is 0. The summed E-state index contributed by atoms with van der Waals surface area (Å²) in [5.41, 5.74) is 0.319. The normalized spacial score (nSPS) is 18.8. The highest BCUT2D eigenvalue weighted by Gasteiger charge is 2.14. The molecule has 1 unspecified atom stereocenters. The lowest BCUT2D eigenvalue weighted by molar-refractivity contribution is 0.0979. The molecule has 0 spiro atoms. The van der Waals surface area contributed by atoms with Crippen molar-refractivity contribution in [1.82, 2.24) is 0 Å². The van der Waals surface area contributed by atoms with Crippen LogP contribution in [0.3, 0.4) is 0 Å². The summed E-state index contributed by atoms with van der Waals surface area (Å²) in [5, 5.41) is 0. The first-order valence-electron chi connectivity index (χ1n) is 6.29. The van der Waals surface area contributed by atoms with E-state index < -0.39 is 5.82 Å². The van der Waals surface area contributed by atoms with Crippen molar-refractivity contribution >= 4 is 6.29 Å². The molecule has 1 saturated heterocycles. The molecule has 3 nitrogen and oxygen atoms in total. The molecule has 0 N–H and O–H groups in total. The summed E-state index contributed by atoms with van der Waals surface area (Å²) in [6.45, 7) is 1.32. The van der Waals surface area contributed by atoms with Gasteiger partial charge in [-0.1, -0.05) is 0 Å². The van der Waals surface area contributed by atoms with Crippen LogP contribution in [0.15, 0.2) is 18.2 Å². The van der Waals surface area contributed by atoms with Crippen molar-refractivity contribution in [1.29, 1.82) is 0 Å². The van der Waals surface area contributed by atoms with Crippen LogP contribution in [0, 0.1) is 5.82 Å². The van der Waals surface area contributed by atoms with Crippen LogP contribution in [0.5, 0.6) is 5.75 Å². The average molecular weight is 252 g/mol. The number of halogens is 1. The second kappa shape index (κ2) is 6.50. The van der Waals surface area contributed by atoms with E-state index in [1.54, 1.807) is 6.07 Å². The molecular formula is C14H17FO3. The lowest BCUT2D eigenvalue weighted by Crippen LogP contribution is -2.08. The summed E-state index contributed by atoms with van der Waals surface area (Å²) < 4.78 is 24.3. The van der Waals surface area contributed by atoms with Gasteiger partial charge in [-0.05, 0) is 43.9 Å². The molecule has 1 aliphatic rings. The van der Waals surface area contributed by atoms with Crippen LogP contribution in [0.25, 0.3) is 0 Å². The Morgan fingerprint density at radius 1 is 1.50 bits per heavy atom. The third-order valence-corrected chi connectivity index (χ3v) is 3.04. The maximum Gasteiger partial charge on any atom is 0.165 e. The Labute approximate surface area is 106 Å². The van der Waals surface area contributed by atoms with E-state index in [1.165, 1.54) is 12.1 Å². The zero-order chi connectivity index (χ0) is 12.8. The Morgan fingerprint density at radius 2 is 2.39 bits per heavy atom. The topological polar surface area (TPSA) is 35.5 Å². The van der Waals surface area contributed by atoms with Crippen molar-refractivity contribution in [2.24, 2.45) is 0 Å². The first kappa shape index (κ1) is 13.0. The van der Waals surface area contributed by atoms with Crippen LogP contribution in [0.2, 0.25) is 0 Å². The van der Waals surface area contributed by atoms with Gasteiger partial charge < -0.3 is 9.47 Å².